The minimum Gasteiger partial charge on any atom is -0.307 e. The number of nitroso groups, excluding NO2 is 1. The molecule has 92 valence electrons. The van der Waals surface area contributed by atoms with Gasteiger partial charge in [0.25, 0.3) is 5.91 Å². The lowest BCUT2D eigenvalue weighted by Gasteiger charge is -2.20. The smallest absolute Gasteiger partial charge is 0.307 e. The minimum absolute atomic E-state index is 0.0837. The number of halogens is 3. The first-order chi connectivity index (χ1) is 7.94. The standard InChI is InChI=1S/C10H9F3N2O2/c11-10(12,13)6-15(7-14-17)9(16)8-4-2-1-3-5-8/h1-5H,6-7H2. The fourth-order valence-corrected chi connectivity index (χ4v) is 1.24. The second-order valence-electron chi connectivity index (χ2n) is 3.25. The summed E-state index contributed by atoms with van der Waals surface area (Å²) in [5, 5.41) is 2.32. The van der Waals surface area contributed by atoms with Crippen molar-refractivity contribution in [1.29, 1.82) is 0 Å². The van der Waals surface area contributed by atoms with Gasteiger partial charge in [0, 0.05) is 5.56 Å². The van der Waals surface area contributed by atoms with Crippen molar-refractivity contribution in [3.63, 3.8) is 0 Å². The van der Waals surface area contributed by atoms with Crippen LogP contribution in [0.4, 0.5) is 13.2 Å². The van der Waals surface area contributed by atoms with E-state index < -0.39 is 25.3 Å². The lowest BCUT2D eigenvalue weighted by molar-refractivity contribution is -0.140. The van der Waals surface area contributed by atoms with Gasteiger partial charge in [-0.25, -0.2) is 0 Å². The highest BCUT2D eigenvalue weighted by atomic mass is 19.4. The minimum atomic E-state index is -4.56. The van der Waals surface area contributed by atoms with Crippen molar-refractivity contribution >= 4 is 5.91 Å². The number of hydrogen-bond acceptors (Lipinski definition) is 3. The van der Waals surface area contributed by atoms with Crippen LogP contribution in [-0.4, -0.2) is 30.2 Å². The SMILES string of the molecule is O=NCN(CC(F)(F)F)C(=O)c1ccccc1. The van der Waals surface area contributed by atoms with Gasteiger partial charge in [-0.1, -0.05) is 18.2 Å². The summed E-state index contributed by atoms with van der Waals surface area (Å²) in [4.78, 5) is 22.0. The summed E-state index contributed by atoms with van der Waals surface area (Å²) < 4.78 is 36.5. The van der Waals surface area contributed by atoms with Gasteiger partial charge in [-0.15, -0.1) is 4.91 Å². The molecule has 0 heterocycles. The average molecular weight is 246 g/mol. The zero-order valence-electron chi connectivity index (χ0n) is 8.65. The second kappa shape index (κ2) is 5.42. The van der Waals surface area contributed by atoms with E-state index in [1.165, 1.54) is 24.3 Å². The van der Waals surface area contributed by atoms with E-state index in [0.29, 0.717) is 4.90 Å². The Labute approximate surface area is 95.0 Å². The van der Waals surface area contributed by atoms with E-state index in [-0.39, 0.29) is 5.56 Å². The van der Waals surface area contributed by atoms with Gasteiger partial charge in [-0.05, 0) is 17.3 Å². The number of nitrogens with zero attached hydrogens (tertiary/aromatic N) is 2. The Hall–Kier alpha value is -1.92. The van der Waals surface area contributed by atoms with Crippen LogP contribution in [0.3, 0.4) is 0 Å². The molecule has 7 heteroatoms. The zero-order valence-corrected chi connectivity index (χ0v) is 8.65. The van der Waals surface area contributed by atoms with Gasteiger partial charge >= 0.3 is 6.18 Å². The molecule has 0 radical (unpaired) electrons. The zero-order chi connectivity index (χ0) is 12.9. The van der Waals surface area contributed by atoms with Crippen molar-refractivity contribution in [3.05, 3.63) is 40.8 Å². The van der Waals surface area contributed by atoms with E-state index >= 15 is 0 Å². The molecule has 0 aromatic heterocycles. The van der Waals surface area contributed by atoms with Crippen LogP contribution in [0.5, 0.6) is 0 Å². The van der Waals surface area contributed by atoms with Crippen LogP contribution < -0.4 is 0 Å². The molecule has 1 aromatic carbocycles. The van der Waals surface area contributed by atoms with Crippen LogP contribution in [0.25, 0.3) is 0 Å². The molecule has 0 spiro atoms. The van der Waals surface area contributed by atoms with Crippen LogP contribution >= 0.6 is 0 Å². The normalized spacial score (nSPS) is 11.0. The molecule has 0 aliphatic carbocycles. The number of rotatable bonds is 4. The maximum absolute atomic E-state index is 12.2. The van der Waals surface area contributed by atoms with Gasteiger partial charge in [0.05, 0.1) is 0 Å². The quantitative estimate of drug-likeness (QED) is 0.766. The van der Waals surface area contributed by atoms with E-state index in [2.05, 4.69) is 5.18 Å². The van der Waals surface area contributed by atoms with E-state index in [1.54, 1.807) is 6.07 Å². The molecule has 17 heavy (non-hydrogen) atoms. The number of carbonyl (C=O) groups is 1. The van der Waals surface area contributed by atoms with Crippen LogP contribution in [0.1, 0.15) is 10.4 Å². The number of alkyl halides is 3. The first kappa shape index (κ1) is 13.1. The number of hydrogen-bond donors (Lipinski definition) is 0. The van der Waals surface area contributed by atoms with Crippen molar-refractivity contribution in [1.82, 2.24) is 4.90 Å². The van der Waals surface area contributed by atoms with Gasteiger partial charge in [0.1, 0.15) is 6.54 Å². The molecule has 1 aromatic rings. The fraction of sp³-hybridized carbons (Fsp3) is 0.300. The third-order valence-electron chi connectivity index (χ3n) is 1.91. The third kappa shape index (κ3) is 4.21. The van der Waals surface area contributed by atoms with Crippen molar-refractivity contribution in [2.45, 2.75) is 6.18 Å². The Balaban J connectivity index is 2.84. The molecule has 1 amide bonds. The Morgan fingerprint density at radius 1 is 1.24 bits per heavy atom. The Morgan fingerprint density at radius 3 is 2.29 bits per heavy atom. The highest BCUT2D eigenvalue weighted by Crippen LogP contribution is 2.18. The molecule has 0 aliphatic heterocycles. The van der Waals surface area contributed by atoms with Crippen molar-refractivity contribution in [3.8, 4) is 0 Å². The third-order valence-corrected chi connectivity index (χ3v) is 1.91. The van der Waals surface area contributed by atoms with Crippen molar-refractivity contribution in [2.75, 3.05) is 13.2 Å². The van der Waals surface area contributed by atoms with Gasteiger partial charge in [0.15, 0.2) is 6.67 Å². The number of benzene rings is 1. The van der Waals surface area contributed by atoms with Crippen molar-refractivity contribution in [2.24, 2.45) is 5.18 Å². The highest BCUT2D eigenvalue weighted by Gasteiger charge is 2.33. The predicted octanol–water partition coefficient (Wildman–Crippen LogP) is 2.42. The van der Waals surface area contributed by atoms with Crippen LogP contribution in [0.15, 0.2) is 35.5 Å². The van der Waals surface area contributed by atoms with E-state index in [4.69, 9.17) is 0 Å². The maximum atomic E-state index is 12.2. The van der Waals surface area contributed by atoms with Gasteiger partial charge in [-0.3, -0.25) is 4.79 Å². The molecule has 0 atom stereocenters. The molecule has 1 rings (SSSR count). The highest BCUT2D eigenvalue weighted by molar-refractivity contribution is 5.94. The summed E-state index contributed by atoms with van der Waals surface area (Å²) in [6.45, 7) is -2.32. The monoisotopic (exact) mass is 246 g/mol. The topological polar surface area (TPSA) is 49.7 Å². The molecule has 0 aliphatic rings. The Morgan fingerprint density at radius 2 is 1.82 bits per heavy atom. The van der Waals surface area contributed by atoms with Crippen LogP contribution in [0, 0.1) is 4.91 Å². The fourth-order valence-electron chi connectivity index (χ4n) is 1.24. The lowest BCUT2D eigenvalue weighted by Crippen LogP contribution is -2.39. The molecular formula is C10H9F3N2O2. The summed E-state index contributed by atoms with van der Waals surface area (Å²) in [6, 6.07) is 7.41. The summed E-state index contributed by atoms with van der Waals surface area (Å²) in [6.07, 6.45) is -4.56. The first-order valence-electron chi connectivity index (χ1n) is 4.64. The summed E-state index contributed by atoms with van der Waals surface area (Å²) in [7, 11) is 0. The van der Waals surface area contributed by atoms with E-state index in [0.717, 1.165) is 0 Å². The van der Waals surface area contributed by atoms with Gasteiger partial charge in [-0.2, -0.15) is 13.2 Å². The van der Waals surface area contributed by atoms with Gasteiger partial charge in [0.2, 0.25) is 0 Å². The summed E-state index contributed by atoms with van der Waals surface area (Å²) in [5.41, 5.74) is 0.0837. The van der Waals surface area contributed by atoms with E-state index in [1.807, 2.05) is 0 Å². The number of amides is 1. The predicted molar refractivity (Wildman–Crippen MR) is 54.2 cm³/mol. The lowest BCUT2D eigenvalue weighted by atomic mass is 10.2. The van der Waals surface area contributed by atoms with Crippen LogP contribution in [-0.2, 0) is 0 Å². The Bertz CT molecular complexity index is 392. The molecule has 0 unspecified atom stereocenters. The van der Waals surface area contributed by atoms with Crippen LogP contribution in [0.2, 0.25) is 0 Å². The summed E-state index contributed by atoms with van der Waals surface area (Å²) >= 11 is 0. The molecular weight excluding hydrogens is 237 g/mol. The average Bonchev–Trinajstić information content (AvgIpc) is 2.27. The Kier molecular flexibility index (Phi) is 4.19. The van der Waals surface area contributed by atoms with E-state index in [9.17, 15) is 22.9 Å². The van der Waals surface area contributed by atoms with Crippen molar-refractivity contribution < 1.29 is 18.0 Å². The summed E-state index contributed by atoms with van der Waals surface area (Å²) in [5.74, 6) is -0.873. The largest absolute Gasteiger partial charge is 0.406 e. The maximum Gasteiger partial charge on any atom is 0.406 e. The second-order valence-corrected chi connectivity index (χ2v) is 3.25. The number of carbonyl (C=O) groups excluding carboxylic acids is 1. The van der Waals surface area contributed by atoms with Gasteiger partial charge < -0.3 is 4.90 Å². The molecule has 4 nitrogen and oxygen atoms in total. The molecule has 0 N–H and O–H groups in total. The molecule has 0 bridgehead atoms. The molecule has 0 saturated heterocycles. The first-order valence-corrected chi connectivity index (χ1v) is 4.64. The molecule has 0 fully saturated rings. The molecule has 0 saturated carbocycles.